The molecular formula is C11H14ClN2O2S2+. The zero-order valence-corrected chi connectivity index (χ0v) is 11.9. The summed E-state index contributed by atoms with van der Waals surface area (Å²) in [5.74, 6) is 0.601. The summed E-state index contributed by atoms with van der Waals surface area (Å²) in [6.07, 6.45) is 0.664. The normalized spacial score (nSPS) is 26.9. The molecule has 1 aliphatic rings. The van der Waals surface area contributed by atoms with E-state index in [4.69, 9.17) is 23.8 Å². The first-order chi connectivity index (χ1) is 8.44. The average molecular weight is 306 g/mol. The van der Waals surface area contributed by atoms with Crippen LogP contribution in [0.25, 0.3) is 0 Å². The lowest BCUT2D eigenvalue weighted by atomic mass is 10.3. The number of anilines is 1. The van der Waals surface area contributed by atoms with Crippen LogP contribution in [-0.2, 0) is 14.4 Å². The van der Waals surface area contributed by atoms with Crippen LogP contribution < -0.4 is 10.6 Å². The van der Waals surface area contributed by atoms with Gasteiger partial charge in [-0.1, -0.05) is 15.8 Å². The molecule has 0 aromatic heterocycles. The summed E-state index contributed by atoms with van der Waals surface area (Å²) in [7, 11) is -2.64. The average Bonchev–Trinajstić information content (AvgIpc) is 2.61. The van der Waals surface area contributed by atoms with E-state index in [1.165, 1.54) is 0 Å². The smallest absolute Gasteiger partial charge is 0.216 e. The van der Waals surface area contributed by atoms with Gasteiger partial charge in [-0.05, 0) is 36.5 Å². The van der Waals surface area contributed by atoms with Crippen molar-refractivity contribution in [3.63, 3.8) is 0 Å². The number of hydrogen-bond donors (Lipinski definition) is 3. The fourth-order valence-corrected chi connectivity index (χ4v) is 3.92. The monoisotopic (exact) mass is 305 g/mol. The van der Waals surface area contributed by atoms with Gasteiger partial charge in [-0.3, -0.25) is 0 Å². The molecule has 0 bridgehead atoms. The maximum atomic E-state index is 11.4. The Hall–Kier alpha value is -0.690. The highest BCUT2D eigenvalue weighted by Crippen LogP contribution is 2.17. The van der Waals surface area contributed by atoms with E-state index >= 15 is 0 Å². The van der Waals surface area contributed by atoms with Crippen molar-refractivity contribution in [3.8, 4) is 0 Å². The van der Waals surface area contributed by atoms with E-state index in [9.17, 15) is 8.76 Å². The van der Waals surface area contributed by atoms with Crippen LogP contribution in [0.5, 0.6) is 0 Å². The van der Waals surface area contributed by atoms with Crippen molar-refractivity contribution in [2.24, 2.45) is 0 Å². The highest BCUT2D eigenvalue weighted by Gasteiger charge is 2.38. The molecule has 1 aliphatic heterocycles. The first kappa shape index (κ1) is 13.7. The van der Waals surface area contributed by atoms with E-state index in [0.717, 1.165) is 5.69 Å². The SMILES string of the molecule is O=[S+]1(O)CC[C@H](NC(=S)Nc2ccc(Cl)cc2)C1. The van der Waals surface area contributed by atoms with Crippen LogP contribution in [0.4, 0.5) is 5.69 Å². The number of nitrogens with one attached hydrogen (secondary N) is 2. The highest BCUT2D eigenvalue weighted by atomic mass is 35.5. The molecule has 0 amide bonds. The van der Waals surface area contributed by atoms with E-state index in [1.54, 1.807) is 12.1 Å². The minimum Gasteiger partial charge on any atom is -0.355 e. The van der Waals surface area contributed by atoms with Crippen LogP contribution in [0, 0.1) is 0 Å². The van der Waals surface area contributed by atoms with Crippen LogP contribution in [0.2, 0.25) is 5.02 Å². The minimum absolute atomic E-state index is 0.0326. The van der Waals surface area contributed by atoms with Crippen molar-refractivity contribution in [3.05, 3.63) is 29.3 Å². The molecular weight excluding hydrogens is 292 g/mol. The Morgan fingerprint density at radius 2 is 2.11 bits per heavy atom. The molecule has 2 rings (SSSR count). The molecule has 0 saturated carbocycles. The van der Waals surface area contributed by atoms with Gasteiger partial charge in [0.25, 0.3) is 0 Å². The Morgan fingerprint density at radius 3 is 2.67 bits per heavy atom. The standard InChI is InChI=1S/C11H13ClN2O2S2/c12-8-1-3-9(4-2-8)13-11(17)14-10-5-6-18(15,16)7-10/h1-4,10H,5-7H2,(H2-,13,14,15,16,17)/p+1/t10-/m0/s1. The lowest BCUT2D eigenvalue weighted by Crippen LogP contribution is -2.38. The number of hydrogen-bond acceptors (Lipinski definition) is 2. The highest BCUT2D eigenvalue weighted by molar-refractivity contribution is 7.98. The second kappa shape index (κ2) is 5.52. The zero-order chi connectivity index (χ0) is 13.2. The molecule has 1 aromatic rings. The Balaban J connectivity index is 1.86. The zero-order valence-electron chi connectivity index (χ0n) is 9.56. The molecule has 7 heteroatoms. The van der Waals surface area contributed by atoms with E-state index < -0.39 is 10.2 Å². The summed E-state index contributed by atoms with van der Waals surface area (Å²) in [6, 6.07) is 7.14. The van der Waals surface area contributed by atoms with Gasteiger partial charge in [-0.15, -0.1) is 0 Å². The second-order valence-electron chi connectivity index (χ2n) is 4.23. The van der Waals surface area contributed by atoms with Gasteiger partial charge in [0.1, 0.15) is 5.75 Å². The number of halogens is 1. The maximum absolute atomic E-state index is 11.4. The van der Waals surface area contributed by atoms with Gasteiger partial charge < -0.3 is 10.6 Å². The summed E-state index contributed by atoms with van der Waals surface area (Å²) in [4.78, 5) is 0. The van der Waals surface area contributed by atoms with Crippen LogP contribution in [0.1, 0.15) is 6.42 Å². The third-order valence-corrected chi connectivity index (χ3v) is 4.95. The van der Waals surface area contributed by atoms with Crippen LogP contribution in [-0.4, -0.2) is 27.2 Å². The van der Waals surface area contributed by atoms with Gasteiger partial charge in [0.05, 0.1) is 6.04 Å². The molecule has 1 fully saturated rings. The molecule has 1 saturated heterocycles. The number of rotatable bonds is 2. The van der Waals surface area contributed by atoms with E-state index in [0.29, 0.717) is 22.3 Å². The van der Waals surface area contributed by atoms with E-state index in [2.05, 4.69) is 10.6 Å². The summed E-state index contributed by atoms with van der Waals surface area (Å²) < 4.78 is 20.8. The molecule has 4 nitrogen and oxygen atoms in total. The first-order valence-corrected chi connectivity index (χ1v) is 8.14. The summed E-state index contributed by atoms with van der Waals surface area (Å²) in [5, 5.41) is 7.18. The largest absolute Gasteiger partial charge is 0.355 e. The lowest BCUT2D eigenvalue weighted by Gasteiger charge is -2.13. The van der Waals surface area contributed by atoms with Crippen molar-refractivity contribution in [2.45, 2.75) is 12.5 Å². The van der Waals surface area contributed by atoms with Crippen molar-refractivity contribution < 1.29 is 8.76 Å². The second-order valence-corrected chi connectivity index (χ2v) is 7.37. The fraction of sp³-hybridized carbons (Fsp3) is 0.364. The molecule has 1 unspecified atom stereocenters. The molecule has 2 atom stereocenters. The molecule has 3 N–H and O–H groups in total. The summed E-state index contributed by atoms with van der Waals surface area (Å²) >= 11 is 10.9. The Bertz CT molecular complexity index is 492. The van der Waals surface area contributed by atoms with Crippen LogP contribution in [0.3, 0.4) is 0 Å². The van der Waals surface area contributed by atoms with E-state index in [-0.39, 0.29) is 11.8 Å². The van der Waals surface area contributed by atoms with Crippen molar-refractivity contribution in [1.29, 1.82) is 0 Å². The molecule has 0 spiro atoms. The van der Waals surface area contributed by atoms with Gasteiger partial charge in [-0.25, -0.2) is 0 Å². The van der Waals surface area contributed by atoms with Crippen LogP contribution in [0.15, 0.2) is 24.3 Å². The molecule has 18 heavy (non-hydrogen) atoms. The molecule has 0 aliphatic carbocycles. The predicted molar refractivity (Wildman–Crippen MR) is 79.6 cm³/mol. The number of benzene rings is 1. The molecule has 0 radical (unpaired) electrons. The quantitative estimate of drug-likeness (QED) is 0.578. The minimum atomic E-state index is -2.64. The van der Waals surface area contributed by atoms with Crippen LogP contribution >= 0.6 is 23.8 Å². The maximum Gasteiger partial charge on any atom is 0.216 e. The van der Waals surface area contributed by atoms with Gasteiger partial charge in [-0.2, -0.15) is 4.55 Å². The number of thiocarbonyl (C=S) groups is 1. The Labute approximate surface area is 117 Å². The van der Waals surface area contributed by atoms with Gasteiger partial charge >= 0.3 is 0 Å². The summed E-state index contributed by atoms with van der Waals surface area (Å²) in [6.45, 7) is 0. The summed E-state index contributed by atoms with van der Waals surface area (Å²) in [5.41, 5.74) is 0.833. The predicted octanol–water partition coefficient (Wildman–Crippen LogP) is 2.37. The fourth-order valence-electron chi connectivity index (χ4n) is 1.81. The third kappa shape index (κ3) is 3.91. The molecule has 98 valence electrons. The first-order valence-electron chi connectivity index (χ1n) is 5.50. The Morgan fingerprint density at radius 1 is 1.44 bits per heavy atom. The topological polar surface area (TPSA) is 61.4 Å². The lowest BCUT2D eigenvalue weighted by molar-refractivity contribution is 0.502. The molecule has 1 heterocycles. The van der Waals surface area contributed by atoms with Gasteiger partial charge in [0.2, 0.25) is 10.2 Å². The van der Waals surface area contributed by atoms with Gasteiger partial charge in [0.15, 0.2) is 10.9 Å². The van der Waals surface area contributed by atoms with Crippen molar-refractivity contribution in [1.82, 2.24) is 5.32 Å². The molecule has 1 aromatic carbocycles. The third-order valence-electron chi connectivity index (χ3n) is 2.68. The van der Waals surface area contributed by atoms with E-state index in [1.807, 2.05) is 12.1 Å². The van der Waals surface area contributed by atoms with Crippen molar-refractivity contribution >= 4 is 44.8 Å². The van der Waals surface area contributed by atoms with Gasteiger partial charge in [0, 0.05) is 17.1 Å². The van der Waals surface area contributed by atoms with Crippen molar-refractivity contribution in [2.75, 3.05) is 16.8 Å². The Kier molecular flexibility index (Phi) is 4.21.